The summed E-state index contributed by atoms with van der Waals surface area (Å²) in [5.41, 5.74) is 0.679. The molecule has 1 spiro atoms. The van der Waals surface area contributed by atoms with Crippen LogP contribution in [-0.2, 0) is 19.9 Å². The minimum atomic E-state index is -1.21. The van der Waals surface area contributed by atoms with Crippen LogP contribution in [0.5, 0.6) is 5.75 Å². The number of imide groups is 1. The maximum absolute atomic E-state index is 13.2. The van der Waals surface area contributed by atoms with E-state index in [0.29, 0.717) is 36.4 Å². The highest BCUT2D eigenvalue weighted by molar-refractivity contribution is 6.10. The number of anilines is 2. The maximum atomic E-state index is 13.2. The molecule has 0 radical (unpaired) electrons. The van der Waals surface area contributed by atoms with Crippen LogP contribution < -0.4 is 20.3 Å². The van der Waals surface area contributed by atoms with Gasteiger partial charge in [-0.1, -0.05) is 18.2 Å². The second-order valence-electron chi connectivity index (χ2n) is 8.07. The molecule has 2 N–H and O–H groups in total. The van der Waals surface area contributed by atoms with E-state index in [1.165, 1.54) is 0 Å². The zero-order chi connectivity index (χ0) is 22.3. The summed E-state index contributed by atoms with van der Waals surface area (Å²) in [6.45, 7) is 0.573. The van der Waals surface area contributed by atoms with Crippen LogP contribution >= 0.6 is 0 Å². The van der Waals surface area contributed by atoms with Crippen LogP contribution in [0.4, 0.5) is 16.2 Å². The van der Waals surface area contributed by atoms with Crippen LogP contribution in [0, 0.1) is 0 Å². The van der Waals surface area contributed by atoms with Crippen molar-refractivity contribution in [1.82, 2.24) is 10.2 Å². The molecule has 2 saturated heterocycles. The Morgan fingerprint density at radius 3 is 2.62 bits per heavy atom. The fourth-order valence-electron chi connectivity index (χ4n) is 4.51. The fraction of sp³-hybridized carbons (Fsp3) is 0.304. The summed E-state index contributed by atoms with van der Waals surface area (Å²) in [6.07, 6.45) is 1.67. The van der Waals surface area contributed by atoms with E-state index in [9.17, 15) is 19.2 Å². The number of fused-ring (bicyclic) bond motifs is 2. The Labute approximate surface area is 184 Å². The number of urea groups is 1. The number of nitrogens with one attached hydrogen (secondary N) is 2. The molecule has 1 atom stereocenters. The molecule has 2 aromatic rings. The van der Waals surface area contributed by atoms with Crippen molar-refractivity contribution >= 4 is 35.1 Å². The Morgan fingerprint density at radius 1 is 1.09 bits per heavy atom. The van der Waals surface area contributed by atoms with Crippen molar-refractivity contribution in [3.8, 4) is 5.75 Å². The van der Waals surface area contributed by atoms with Crippen LogP contribution in [-0.4, -0.2) is 48.3 Å². The van der Waals surface area contributed by atoms with E-state index in [1.54, 1.807) is 53.4 Å². The molecule has 0 bridgehead atoms. The molecule has 2 aromatic carbocycles. The monoisotopic (exact) mass is 434 g/mol. The molecule has 0 unspecified atom stereocenters. The molecule has 2 fully saturated rings. The van der Waals surface area contributed by atoms with Crippen molar-refractivity contribution < 1.29 is 23.9 Å². The van der Waals surface area contributed by atoms with Crippen LogP contribution in [0.1, 0.15) is 24.8 Å². The summed E-state index contributed by atoms with van der Waals surface area (Å²) in [6, 6.07) is 13.4. The molecular formula is C23H22N4O5. The topological polar surface area (TPSA) is 108 Å². The Morgan fingerprint density at radius 2 is 1.88 bits per heavy atom. The van der Waals surface area contributed by atoms with Gasteiger partial charge in [-0.3, -0.25) is 19.3 Å². The second-order valence-corrected chi connectivity index (χ2v) is 8.07. The number of carbonyl (C=O) groups excluding carboxylic acids is 4. The molecule has 9 nitrogen and oxygen atoms in total. The highest BCUT2D eigenvalue weighted by atomic mass is 16.5. The van der Waals surface area contributed by atoms with Crippen LogP contribution in [0.25, 0.3) is 0 Å². The van der Waals surface area contributed by atoms with E-state index in [2.05, 4.69) is 10.6 Å². The van der Waals surface area contributed by atoms with Crippen LogP contribution in [0.3, 0.4) is 0 Å². The van der Waals surface area contributed by atoms with E-state index in [4.69, 9.17) is 4.74 Å². The molecule has 0 aromatic heterocycles. The molecule has 0 aliphatic carbocycles. The lowest BCUT2D eigenvalue weighted by Gasteiger charge is -2.33. The normalized spacial score (nSPS) is 22.1. The smallest absolute Gasteiger partial charge is 0.325 e. The SMILES string of the molecule is O=C(CN1C(=O)N[C@@]2(CCOc3ccccc32)C1=O)Nc1ccc(N2CCCC2=O)cc1. The van der Waals surface area contributed by atoms with Gasteiger partial charge >= 0.3 is 6.03 Å². The van der Waals surface area contributed by atoms with Gasteiger partial charge in [0.2, 0.25) is 11.8 Å². The molecule has 3 heterocycles. The summed E-state index contributed by atoms with van der Waals surface area (Å²) >= 11 is 0. The summed E-state index contributed by atoms with van der Waals surface area (Å²) in [5, 5.41) is 5.49. The molecule has 3 aliphatic rings. The average Bonchev–Trinajstić information content (AvgIpc) is 3.32. The number of para-hydroxylation sites is 1. The Kier molecular flexibility index (Phi) is 4.80. The van der Waals surface area contributed by atoms with Crippen molar-refractivity contribution in [2.45, 2.75) is 24.8 Å². The van der Waals surface area contributed by atoms with Gasteiger partial charge in [-0.2, -0.15) is 0 Å². The highest BCUT2D eigenvalue weighted by Gasteiger charge is 2.55. The second kappa shape index (κ2) is 7.67. The van der Waals surface area contributed by atoms with Gasteiger partial charge in [-0.15, -0.1) is 0 Å². The third kappa shape index (κ3) is 3.26. The van der Waals surface area contributed by atoms with Crippen molar-refractivity contribution in [2.75, 3.05) is 29.9 Å². The van der Waals surface area contributed by atoms with Gasteiger partial charge in [0.05, 0.1) is 6.61 Å². The van der Waals surface area contributed by atoms with Crippen molar-refractivity contribution in [3.05, 3.63) is 54.1 Å². The van der Waals surface area contributed by atoms with Crippen molar-refractivity contribution in [3.63, 3.8) is 0 Å². The molecule has 164 valence electrons. The largest absolute Gasteiger partial charge is 0.493 e. The number of ether oxygens (including phenoxy) is 1. The van der Waals surface area contributed by atoms with Crippen molar-refractivity contribution in [2.24, 2.45) is 0 Å². The summed E-state index contributed by atoms with van der Waals surface area (Å²) in [7, 11) is 0. The minimum absolute atomic E-state index is 0.0870. The Hall–Kier alpha value is -3.88. The zero-order valence-corrected chi connectivity index (χ0v) is 17.3. The number of nitrogens with zero attached hydrogens (tertiary/aromatic N) is 2. The lowest BCUT2D eigenvalue weighted by molar-refractivity contribution is -0.135. The first-order valence-electron chi connectivity index (χ1n) is 10.5. The molecule has 5 amide bonds. The van der Waals surface area contributed by atoms with Gasteiger partial charge in [-0.25, -0.2) is 4.79 Å². The number of benzene rings is 2. The quantitative estimate of drug-likeness (QED) is 0.716. The van der Waals surface area contributed by atoms with E-state index in [1.807, 2.05) is 0 Å². The predicted molar refractivity (Wildman–Crippen MR) is 115 cm³/mol. The summed E-state index contributed by atoms with van der Waals surface area (Å²) in [5.74, 6) is -0.313. The van der Waals surface area contributed by atoms with Gasteiger partial charge < -0.3 is 20.3 Å². The summed E-state index contributed by atoms with van der Waals surface area (Å²) < 4.78 is 5.62. The van der Waals surface area contributed by atoms with E-state index < -0.39 is 29.9 Å². The van der Waals surface area contributed by atoms with Gasteiger partial charge in [0.25, 0.3) is 5.91 Å². The molecule has 32 heavy (non-hydrogen) atoms. The van der Waals surface area contributed by atoms with Crippen LogP contribution in [0.15, 0.2) is 48.5 Å². The average molecular weight is 434 g/mol. The number of hydrogen-bond donors (Lipinski definition) is 2. The number of rotatable bonds is 4. The highest BCUT2D eigenvalue weighted by Crippen LogP contribution is 2.40. The molecule has 5 rings (SSSR count). The third-order valence-electron chi connectivity index (χ3n) is 6.10. The lowest BCUT2D eigenvalue weighted by Crippen LogP contribution is -2.48. The molecule has 0 saturated carbocycles. The fourth-order valence-corrected chi connectivity index (χ4v) is 4.51. The predicted octanol–water partition coefficient (Wildman–Crippen LogP) is 1.98. The number of carbonyl (C=O) groups is 4. The van der Waals surface area contributed by atoms with Crippen LogP contribution in [0.2, 0.25) is 0 Å². The van der Waals surface area contributed by atoms with E-state index in [-0.39, 0.29) is 12.5 Å². The summed E-state index contributed by atoms with van der Waals surface area (Å²) in [4.78, 5) is 53.0. The lowest BCUT2D eigenvalue weighted by atomic mass is 9.84. The molecule has 9 heteroatoms. The van der Waals surface area contributed by atoms with Gasteiger partial charge in [0.1, 0.15) is 12.3 Å². The van der Waals surface area contributed by atoms with E-state index in [0.717, 1.165) is 17.0 Å². The van der Waals surface area contributed by atoms with Gasteiger partial charge in [-0.05, 0) is 36.8 Å². The Balaban J connectivity index is 1.28. The standard InChI is InChI=1S/C23H22N4O5/c28-19(24-15-7-9-16(10-8-15)26-12-3-6-20(26)29)14-27-21(30)23(25-22(27)31)11-13-32-18-5-2-1-4-17(18)23/h1-2,4-5,7-10H,3,6,11-14H2,(H,24,28)(H,25,31)/t23-/m1/s1. The van der Waals surface area contributed by atoms with Gasteiger partial charge in [0, 0.05) is 36.3 Å². The first-order chi connectivity index (χ1) is 15.5. The number of amides is 5. The first kappa shape index (κ1) is 20.0. The Bertz CT molecular complexity index is 1120. The maximum Gasteiger partial charge on any atom is 0.325 e. The zero-order valence-electron chi connectivity index (χ0n) is 17.3. The minimum Gasteiger partial charge on any atom is -0.493 e. The third-order valence-corrected chi connectivity index (χ3v) is 6.10. The number of hydrogen-bond acceptors (Lipinski definition) is 5. The molecular weight excluding hydrogens is 412 g/mol. The van der Waals surface area contributed by atoms with E-state index >= 15 is 0 Å². The first-order valence-corrected chi connectivity index (χ1v) is 10.5. The van der Waals surface area contributed by atoms with Crippen molar-refractivity contribution in [1.29, 1.82) is 0 Å². The molecule has 3 aliphatic heterocycles. The van der Waals surface area contributed by atoms with Gasteiger partial charge in [0.15, 0.2) is 5.54 Å².